The molecule has 0 spiro atoms. The van der Waals surface area contributed by atoms with Crippen molar-refractivity contribution < 1.29 is 5.11 Å². The van der Waals surface area contributed by atoms with Crippen LogP contribution in [0.2, 0.25) is 0 Å². The molecule has 1 N–H and O–H groups in total. The molecule has 19 heavy (non-hydrogen) atoms. The van der Waals surface area contributed by atoms with Gasteiger partial charge in [-0.05, 0) is 67.5 Å². The number of hydrogen-bond acceptors (Lipinski definition) is 3. The Bertz CT molecular complexity index is 426. The van der Waals surface area contributed by atoms with Gasteiger partial charge in [0.05, 0.1) is 11.8 Å². The van der Waals surface area contributed by atoms with Crippen LogP contribution in [0.25, 0.3) is 0 Å². The third-order valence-electron chi connectivity index (χ3n) is 3.99. The lowest BCUT2D eigenvalue weighted by atomic mass is 10.0. The van der Waals surface area contributed by atoms with Gasteiger partial charge in [-0.2, -0.15) is 0 Å². The molecule has 0 saturated carbocycles. The molecule has 106 valence electrons. The summed E-state index contributed by atoms with van der Waals surface area (Å²) in [6.07, 6.45) is 2.00. The lowest BCUT2D eigenvalue weighted by Gasteiger charge is -2.37. The highest BCUT2D eigenvalue weighted by molar-refractivity contribution is 9.10. The molecule has 0 unspecified atom stereocenters. The average Bonchev–Trinajstić information content (AvgIpc) is 2.38. The van der Waals surface area contributed by atoms with Crippen molar-refractivity contribution in [1.82, 2.24) is 4.90 Å². The first-order valence-electron chi connectivity index (χ1n) is 6.88. The monoisotopic (exact) mass is 326 g/mol. The molecule has 1 heterocycles. The number of benzene rings is 1. The Morgan fingerprint density at radius 2 is 1.95 bits per heavy atom. The van der Waals surface area contributed by atoms with Crippen LogP contribution in [0.15, 0.2) is 22.7 Å². The number of aliphatic hydroxyl groups is 1. The van der Waals surface area contributed by atoms with Crippen LogP contribution in [0.3, 0.4) is 0 Å². The molecule has 4 heteroatoms. The quantitative estimate of drug-likeness (QED) is 0.924. The van der Waals surface area contributed by atoms with E-state index in [1.165, 1.54) is 18.5 Å². The molecule has 0 radical (unpaired) electrons. The van der Waals surface area contributed by atoms with E-state index >= 15 is 0 Å². The number of aliphatic hydroxyl groups excluding tert-OH is 1. The first kappa shape index (κ1) is 14.8. The average molecular weight is 327 g/mol. The van der Waals surface area contributed by atoms with Crippen molar-refractivity contribution in [3.63, 3.8) is 0 Å². The van der Waals surface area contributed by atoms with Gasteiger partial charge >= 0.3 is 0 Å². The number of anilines is 1. The minimum Gasteiger partial charge on any atom is -0.389 e. The SMILES string of the molecule is C[C@H](O)c1ccc(N2CCC(N(C)C)CC2)c(Br)c1. The van der Waals surface area contributed by atoms with E-state index in [1.807, 2.05) is 12.1 Å². The first-order valence-corrected chi connectivity index (χ1v) is 7.67. The van der Waals surface area contributed by atoms with E-state index in [0.717, 1.165) is 23.1 Å². The fourth-order valence-corrected chi connectivity index (χ4v) is 3.31. The zero-order valence-electron chi connectivity index (χ0n) is 11.9. The number of nitrogens with zero attached hydrogens (tertiary/aromatic N) is 2. The van der Waals surface area contributed by atoms with Crippen LogP contribution in [0.1, 0.15) is 31.4 Å². The predicted octanol–water partition coefficient (Wildman–Crippen LogP) is 3.03. The third-order valence-corrected chi connectivity index (χ3v) is 4.62. The van der Waals surface area contributed by atoms with Gasteiger partial charge in [0.25, 0.3) is 0 Å². The van der Waals surface area contributed by atoms with Crippen molar-refractivity contribution in [2.45, 2.75) is 31.9 Å². The van der Waals surface area contributed by atoms with Crippen molar-refractivity contribution in [3.05, 3.63) is 28.2 Å². The molecular formula is C15H23BrN2O. The first-order chi connectivity index (χ1) is 8.99. The van der Waals surface area contributed by atoms with E-state index in [0.29, 0.717) is 6.04 Å². The van der Waals surface area contributed by atoms with E-state index in [4.69, 9.17) is 0 Å². The third kappa shape index (κ3) is 3.50. The molecule has 0 amide bonds. The van der Waals surface area contributed by atoms with Gasteiger partial charge in [0.1, 0.15) is 0 Å². The van der Waals surface area contributed by atoms with E-state index in [2.05, 4.69) is 45.9 Å². The Kier molecular flexibility index (Phi) is 4.87. The Hall–Kier alpha value is -0.580. The summed E-state index contributed by atoms with van der Waals surface area (Å²) in [6.45, 7) is 3.98. The van der Waals surface area contributed by atoms with Gasteiger partial charge in [0.15, 0.2) is 0 Å². The second-order valence-electron chi connectivity index (χ2n) is 5.57. The topological polar surface area (TPSA) is 26.7 Å². The van der Waals surface area contributed by atoms with E-state index in [1.54, 1.807) is 6.92 Å². The van der Waals surface area contributed by atoms with Crippen molar-refractivity contribution in [2.24, 2.45) is 0 Å². The smallest absolute Gasteiger partial charge is 0.0762 e. The van der Waals surface area contributed by atoms with Gasteiger partial charge in [-0.1, -0.05) is 6.07 Å². The van der Waals surface area contributed by atoms with Gasteiger partial charge in [-0.3, -0.25) is 0 Å². The van der Waals surface area contributed by atoms with Gasteiger partial charge < -0.3 is 14.9 Å². The predicted molar refractivity (Wildman–Crippen MR) is 83.7 cm³/mol. The second kappa shape index (κ2) is 6.25. The zero-order valence-corrected chi connectivity index (χ0v) is 13.5. The fraction of sp³-hybridized carbons (Fsp3) is 0.600. The summed E-state index contributed by atoms with van der Waals surface area (Å²) in [6, 6.07) is 6.86. The Morgan fingerprint density at radius 1 is 1.32 bits per heavy atom. The van der Waals surface area contributed by atoms with Crippen molar-refractivity contribution in [2.75, 3.05) is 32.1 Å². The highest BCUT2D eigenvalue weighted by atomic mass is 79.9. The van der Waals surface area contributed by atoms with Crippen LogP contribution in [0.4, 0.5) is 5.69 Å². The summed E-state index contributed by atoms with van der Waals surface area (Å²) in [5.41, 5.74) is 2.19. The van der Waals surface area contributed by atoms with E-state index in [9.17, 15) is 5.11 Å². The second-order valence-corrected chi connectivity index (χ2v) is 6.42. The van der Waals surface area contributed by atoms with Crippen molar-refractivity contribution in [3.8, 4) is 0 Å². The zero-order chi connectivity index (χ0) is 14.0. The van der Waals surface area contributed by atoms with Gasteiger partial charge in [0.2, 0.25) is 0 Å². The minimum absolute atomic E-state index is 0.412. The largest absolute Gasteiger partial charge is 0.389 e. The van der Waals surface area contributed by atoms with Crippen molar-refractivity contribution >= 4 is 21.6 Å². The fourth-order valence-electron chi connectivity index (χ4n) is 2.66. The maximum Gasteiger partial charge on any atom is 0.0762 e. The number of rotatable bonds is 3. The minimum atomic E-state index is -0.412. The Balaban J connectivity index is 2.07. The van der Waals surface area contributed by atoms with Gasteiger partial charge in [-0.25, -0.2) is 0 Å². The van der Waals surface area contributed by atoms with E-state index < -0.39 is 6.10 Å². The van der Waals surface area contributed by atoms with Crippen LogP contribution in [0.5, 0.6) is 0 Å². The normalized spacial score (nSPS) is 18.9. The van der Waals surface area contributed by atoms with E-state index in [-0.39, 0.29) is 0 Å². The molecule has 1 aromatic carbocycles. The van der Waals surface area contributed by atoms with Gasteiger partial charge in [0, 0.05) is 23.6 Å². The van der Waals surface area contributed by atoms with Crippen LogP contribution in [-0.4, -0.2) is 43.2 Å². The molecule has 1 atom stereocenters. The highest BCUT2D eigenvalue weighted by Crippen LogP contribution is 2.31. The summed E-state index contributed by atoms with van der Waals surface area (Å²) in [5, 5.41) is 9.61. The van der Waals surface area contributed by atoms with Crippen LogP contribution in [-0.2, 0) is 0 Å². The summed E-state index contributed by atoms with van der Waals surface area (Å²) in [7, 11) is 4.32. The van der Waals surface area contributed by atoms with Gasteiger partial charge in [-0.15, -0.1) is 0 Å². The van der Waals surface area contributed by atoms with Crippen molar-refractivity contribution in [1.29, 1.82) is 0 Å². The van der Waals surface area contributed by atoms with Crippen LogP contribution >= 0.6 is 15.9 Å². The molecule has 0 bridgehead atoms. The highest BCUT2D eigenvalue weighted by Gasteiger charge is 2.22. The molecule has 0 aromatic heterocycles. The summed E-state index contributed by atoms with van der Waals surface area (Å²) in [4.78, 5) is 4.75. The molecule has 1 aliphatic heterocycles. The molecular weight excluding hydrogens is 304 g/mol. The lowest BCUT2D eigenvalue weighted by Crippen LogP contribution is -2.42. The summed E-state index contributed by atoms with van der Waals surface area (Å²) in [5.74, 6) is 0. The molecule has 3 nitrogen and oxygen atoms in total. The Morgan fingerprint density at radius 3 is 2.42 bits per heavy atom. The maximum absolute atomic E-state index is 9.61. The summed E-state index contributed by atoms with van der Waals surface area (Å²) < 4.78 is 1.08. The van der Waals surface area contributed by atoms with Crippen LogP contribution in [0, 0.1) is 0 Å². The lowest BCUT2D eigenvalue weighted by molar-refractivity contribution is 0.199. The summed E-state index contributed by atoms with van der Waals surface area (Å²) >= 11 is 3.63. The molecule has 1 aromatic rings. The maximum atomic E-state index is 9.61. The number of hydrogen-bond donors (Lipinski definition) is 1. The molecule has 1 saturated heterocycles. The van der Waals surface area contributed by atoms with Crippen LogP contribution < -0.4 is 4.90 Å². The number of piperidine rings is 1. The Labute approximate surface area is 124 Å². The molecule has 0 aliphatic carbocycles. The number of halogens is 1. The molecule has 1 fully saturated rings. The standard InChI is InChI=1S/C15H23BrN2O/c1-11(19)12-4-5-15(14(16)10-12)18-8-6-13(7-9-18)17(2)3/h4-5,10-11,13,19H,6-9H2,1-3H3/t11-/m0/s1. The molecule has 2 rings (SSSR count). The molecule has 1 aliphatic rings.